The first-order chi connectivity index (χ1) is 16.9. The summed E-state index contributed by atoms with van der Waals surface area (Å²) in [6.45, 7) is 3.31. The molecule has 1 aliphatic rings. The zero-order valence-corrected chi connectivity index (χ0v) is 22.1. The van der Waals surface area contributed by atoms with Gasteiger partial charge in [0.25, 0.3) is 5.91 Å². The normalized spacial score (nSPS) is 14.5. The summed E-state index contributed by atoms with van der Waals surface area (Å²) in [5, 5.41) is 0.678. The zero-order chi connectivity index (χ0) is 25.2. The third-order valence-electron chi connectivity index (χ3n) is 5.24. The van der Waals surface area contributed by atoms with Crippen LogP contribution in [0.25, 0.3) is 6.08 Å². The molecule has 1 heterocycles. The van der Waals surface area contributed by atoms with Crippen LogP contribution in [0.1, 0.15) is 43.7 Å². The van der Waals surface area contributed by atoms with Crippen LogP contribution in [-0.4, -0.2) is 41.4 Å². The molecule has 1 saturated heterocycles. The predicted octanol–water partition coefficient (Wildman–Crippen LogP) is 6.25. The van der Waals surface area contributed by atoms with Crippen LogP contribution in [0, 0.1) is 0 Å². The number of benzene rings is 2. The monoisotopic (exact) mass is 533 g/mol. The summed E-state index contributed by atoms with van der Waals surface area (Å²) in [5.41, 5.74) is 1.82. The van der Waals surface area contributed by atoms with Gasteiger partial charge in [0.15, 0.2) is 11.5 Å². The topological polar surface area (TPSA) is 65.1 Å². The molecule has 186 valence electrons. The molecule has 1 aliphatic heterocycles. The number of nitrogens with zero attached hydrogens (tertiary/aromatic N) is 1. The van der Waals surface area contributed by atoms with Crippen molar-refractivity contribution in [2.75, 3.05) is 20.3 Å². The Hall–Kier alpha value is -2.55. The molecule has 2 aromatic carbocycles. The van der Waals surface area contributed by atoms with Crippen molar-refractivity contribution in [1.82, 2.24) is 4.90 Å². The lowest BCUT2D eigenvalue weighted by Crippen LogP contribution is -2.29. The minimum absolute atomic E-state index is 0.103. The number of thioether (sulfide) groups is 1. The molecule has 0 aromatic heterocycles. The molecule has 0 aliphatic carbocycles. The van der Waals surface area contributed by atoms with Crippen LogP contribution in [0.15, 0.2) is 47.4 Å². The molecule has 1 fully saturated rings. The fraction of sp³-hybridized carbons (Fsp3) is 0.346. The van der Waals surface area contributed by atoms with Crippen LogP contribution >= 0.6 is 35.6 Å². The number of hydrogen-bond acceptors (Lipinski definition) is 7. The minimum atomic E-state index is -0.216. The van der Waals surface area contributed by atoms with Gasteiger partial charge in [0.05, 0.1) is 18.6 Å². The molecule has 2 aromatic rings. The van der Waals surface area contributed by atoms with Gasteiger partial charge in [-0.05, 0) is 61.2 Å². The van der Waals surface area contributed by atoms with Gasteiger partial charge in [0.1, 0.15) is 10.9 Å². The molecule has 1 amide bonds. The first-order valence-electron chi connectivity index (χ1n) is 11.4. The Labute approximate surface area is 220 Å². The number of thiocarbonyl (C=S) groups is 1. The highest BCUT2D eigenvalue weighted by Gasteiger charge is 2.31. The molecule has 0 spiro atoms. The molecule has 0 bridgehead atoms. The predicted molar refractivity (Wildman–Crippen MR) is 144 cm³/mol. The van der Waals surface area contributed by atoms with Gasteiger partial charge in [-0.25, -0.2) is 0 Å². The Balaban J connectivity index is 1.62. The van der Waals surface area contributed by atoms with Crippen LogP contribution in [0.4, 0.5) is 0 Å². The van der Waals surface area contributed by atoms with Crippen molar-refractivity contribution in [1.29, 1.82) is 0 Å². The number of amides is 1. The Morgan fingerprint density at radius 2 is 1.86 bits per heavy atom. The SMILES string of the molecule is CCOc1cc(/C=C2\SC(=S)N(CCCCCC(=O)OC)C2=O)ccc1OCc1ccc(Cl)cc1. The number of esters is 1. The summed E-state index contributed by atoms with van der Waals surface area (Å²) in [6.07, 6.45) is 4.52. The van der Waals surface area contributed by atoms with Gasteiger partial charge in [0, 0.05) is 18.0 Å². The first-order valence-corrected chi connectivity index (χ1v) is 13.0. The molecular weight excluding hydrogens is 506 g/mol. The van der Waals surface area contributed by atoms with Crippen LogP contribution in [0.5, 0.6) is 11.5 Å². The van der Waals surface area contributed by atoms with E-state index in [9.17, 15) is 9.59 Å². The van der Waals surface area contributed by atoms with Crippen molar-refractivity contribution in [2.24, 2.45) is 0 Å². The van der Waals surface area contributed by atoms with E-state index in [2.05, 4.69) is 4.74 Å². The second-order valence-corrected chi connectivity index (χ2v) is 9.89. The standard InChI is InChI=1S/C26H28ClNO5S2/c1-3-32-22-15-19(10-13-21(22)33-17-18-8-11-20(27)12-9-18)16-23-25(30)28(26(34)35-23)14-6-4-5-7-24(29)31-2/h8-13,15-16H,3-7,14,17H2,1-2H3/b23-16-. The van der Waals surface area contributed by atoms with E-state index < -0.39 is 0 Å². The number of halogens is 1. The van der Waals surface area contributed by atoms with Gasteiger partial charge < -0.3 is 14.2 Å². The molecule has 35 heavy (non-hydrogen) atoms. The molecule has 0 unspecified atom stereocenters. The molecule has 0 atom stereocenters. The number of rotatable bonds is 12. The van der Waals surface area contributed by atoms with Crippen molar-refractivity contribution in [3.63, 3.8) is 0 Å². The third kappa shape index (κ3) is 7.98. The summed E-state index contributed by atoms with van der Waals surface area (Å²) in [4.78, 5) is 26.3. The van der Waals surface area contributed by atoms with Crippen molar-refractivity contribution >= 4 is 57.9 Å². The number of methoxy groups -OCH3 is 1. The van der Waals surface area contributed by atoms with E-state index in [1.54, 1.807) is 4.90 Å². The van der Waals surface area contributed by atoms with E-state index in [4.69, 9.17) is 33.3 Å². The Morgan fingerprint density at radius 1 is 1.09 bits per heavy atom. The second-order valence-electron chi connectivity index (χ2n) is 7.77. The largest absolute Gasteiger partial charge is 0.490 e. The average Bonchev–Trinajstić information content (AvgIpc) is 3.11. The summed E-state index contributed by atoms with van der Waals surface area (Å²) < 4.78 is 16.9. The van der Waals surface area contributed by atoms with Gasteiger partial charge in [-0.15, -0.1) is 0 Å². The molecule has 9 heteroatoms. The van der Waals surface area contributed by atoms with E-state index in [1.165, 1.54) is 18.9 Å². The number of carbonyl (C=O) groups excluding carboxylic acids is 2. The lowest BCUT2D eigenvalue weighted by Gasteiger charge is -2.14. The minimum Gasteiger partial charge on any atom is -0.490 e. The van der Waals surface area contributed by atoms with Gasteiger partial charge in [-0.3, -0.25) is 14.5 Å². The molecular formula is C26H28ClNO5S2. The van der Waals surface area contributed by atoms with E-state index in [1.807, 2.05) is 55.5 Å². The first kappa shape index (κ1) is 27.0. The number of carbonyl (C=O) groups is 2. The molecule has 0 radical (unpaired) electrons. The summed E-state index contributed by atoms with van der Waals surface area (Å²) >= 11 is 12.7. The summed E-state index contributed by atoms with van der Waals surface area (Å²) in [6, 6.07) is 13.1. The lowest BCUT2D eigenvalue weighted by atomic mass is 10.1. The maximum atomic E-state index is 12.9. The van der Waals surface area contributed by atoms with Crippen molar-refractivity contribution in [2.45, 2.75) is 39.2 Å². The van der Waals surface area contributed by atoms with Crippen molar-refractivity contribution in [3.8, 4) is 11.5 Å². The van der Waals surface area contributed by atoms with E-state index in [0.29, 0.717) is 51.9 Å². The Bertz CT molecular complexity index is 1090. The van der Waals surface area contributed by atoms with Crippen molar-refractivity contribution in [3.05, 3.63) is 63.5 Å². The van der Waals surface area contributed by atoms with Crippen LogP contribution in [0.3, 0.4) is 0 Å². The maximum absolute atomic E-state index is 12.9. The third-order valence-corrected chi connectivity index (χ3v) is 6.87. The molecule has 0 N–H and O–H groups in total. The van der Waals surface area contributed by atoms with Gasteiger partial charge >= 0.3 is 5.97 Å². The van der Waals surface area contributed by atoms with Crippen LogP contribution in [-0.2, 0) is 20.9 Å². The quantitative estimate of drug-likeness (QED) is 0.138. The molecule has 6 nitrogen and oxygen atoms in total. The Morgan fingerprint density at radius 3 is 2.57 bits per heavy atom. The summed E-state index contributed by atoms with van der Waals surface area (Å²) in [5.74, 6) is 0.912. The fourth-order valence-electron chi connectivity index (χ4n) is 3.41. The summed E-state index contributed by atoms with van der Waals surface area (Å²) in [7, 11) is 1.38. The van der Waals surface area contributed by atoms with Gasteiger partial charge in [-0.1, -0.05) is 60.2 Å². The number of hydrogen-bond donors (Lipinski definition) is 0. The van der Waals surface area contributed by atoms with E-state index in [0.717, 1.165) is 30.4 Å². The van der Waals surface area contributed by atoms with Gasteiger partial charge in [-0.2, -0.15) is 0 Å². The maximum Gasteiger partial charge on any atom is 0.305 e. The highest BCUT2D eigenvalue weighted by atomic mass is 35.5. The zero-order valence-electron chi connectivity index (χ0n) is 19.8. The average molecular weight is 534 g/mol. The smallest absolute Gasteiger partial charge is 0.305 e. The molecule has 3 rings (SSSR count). The highest BCUT2D eigenvalue weighted by molar-refractivity contribution is 8.26. The lowest BCUT2D eigenvalue weighted by molar-refractivity contribution is -0.140. The van der Waals surface area contributed by atoms with Crippen LogP contribution < -0.4 is 9.47 Å². The highest BCUT2D eigenvalue weighted by Crippen LogP contribution is 2.35. The number of ether oxygens (including phenoxy) is 3. The number of unbranched alkanes of at least 4 members (excludes halogenated alkanes) is 2. The van der Waals surface area contributed by atoms with Gasteiger partial charge in [0.2, 0.25) is 0 Å². The van der Waals surface area contributed by atoms with Crippen molar-refractivity contribution < 1.29 is 23.8 Å². The second kappa shape index (κ2) is 13.5. The van der Waals surface area contributed by atoms with E-state index >= 15 is 0 Å². The molecule has 0 saturated carbocycles. The Kier molecular flexibility index (Phi) is 10.4. The van der Waals surface area contributed by atoms with E-state index in [-0.39, 0.29) is 11.9 Å². The fourth-order valence-corrected chi connectivity index (χ4v) is 4.84. The van der Waals surface area contributed by atoms with Crippen LogP contribution in [0.2, 0.25) is 5.02 Å².